The zero-order chi connectivity index (χ0) is 25.0. The number of rotatable bonds is 14. The Kier molecular flexibility index (Phi) is 10.4. The van der Waals surface area contributed by atoms with Crippen LogP contribution in [-0.4, -0.2) is 50.3 Å². The van der Waals surface area contributed by atoms with Crippen molar-refractivity contribution < 1.29 is 14.2 Å². The van der Waals surface area contributed by atoms with Gasteiger partial charge in [-0.3, -0.25) is 0 Å². The van der Waals surface area contributed by atoms with E-state index in [1.807, 2.05) is 36.5 Å². The van der Waals surface area contributed by atoms with E-state index in [0.29, 0.717) is 12.5 Å². The molecule has 0 aliphatic rings. The summed E-state index contributed by atoms with van der Waals surface area (Å²) in [6.45, 7) is 11.1. The number of methoxy groups -OCH3 is 2. The van der Waals surface area contributed by atoms with Gasteiger partial charge in [-0.1, -0.05) is 32.0 Å². The van der Waals surface area contributed by atoms with E-state index in [1.54, 1.807) is 14.2 Å². The van der Waals surface area contributed by atoms with Crippen LogP contribution >= 0.6 is 0 Å². The minimum atomic E-state index is 0.190. The van der Waals surface area contributed by atoms with Gasteiger partial charge in [-0.15, -0.1) is 0 Å². The molecule has 1 N–H and O–H groups in total. The molecule has 1 atom stereocenters. The Hall–Kier alpha value is -3.09. The van der Waals surface area contributed by atoms with Crippen LogP contribution in [0.5, 0.6) is 17.4 Å². The number of ether oxygens (including phenoxy) is 3. The van der Waals surface area contributed by atoms with Crippen LogP contribution in [0.25, 0.3) is 11.1 Å². The second kappa shape index (κ2) is 13.7. The molecule has 3 aromatic rings. The monoisotopic (exact) mass is 477 g/mol. The lowest BCUT2D eigenvalue weighted by molar-refractivity contribution is 0.244. The molecule has 0 aliphatic carbocycles. The minimum absolute atomic E-state index is 0.190. The molecule has 0 radical (unpaired) electrons. The van der Waals surface area contributed by atoms with Gasteiger partial charge >= 0.3 is 0 Å². The van der Waals surface area contributed by atoms with E-state index in [1.165, 1.54) is 11.1 Å². The zero-order valence-electron chi connectivity index (χ0n) is 21.7. The largest absolute Gasteiger partial charge is 0.497 e. The number of aromatic nitrogens is 1. The van der Waals surface area contributed by atoms with Crippen LogP contribution in [0.3, 0.4) is 0 Å². The average molecular weight is 478 g/mol. The summed E-state index contributed by atoms with van der Waals surface area (Å²) in [5.41, 5.74) is 4.38. The summed E-state index contributed by atoms with van der Waals surface area (Å²) in [7, 11) is 3.39. The third-order valence-electron chi connectivity index (χ3n) is 6.28. The molecule has 0 saturated heterocycles. The van der Waals surface area contributed by atoms with Crippen LogP contribution in [0.15, 0.2) is 60.8 Å². The number of nitrogens with zero attached hydrogens (tertiary/aromatic N) is 2. The van der Waals surface area contributed by atoms with Gasteiger partial charge in [0.1, 0.15) is 11.5 Å². The van der Waals surface area contributed by atoms with E-state index < -0.39 is 0 Å². The van der Waals surface area contributed by atoms with Crippen molar-refractivity contribution in [3.63, 3.8) is 0 Å². The highest BCUT2D eigenvalue weighted by atomic mass is 16.5. The fourth-order valence-corrected chi connectivity index (χ4v) is 4.02. The molecule has 1 heterocycles. The highest BCUT2D eigenvalue weighted by molar-refractivity contribution is 5.70. The Morgan fingerprint density at radius 2 is 1.80 bits per heavy atom. The van der Waals surface area contributed by atoms with E-state index in [4.69, 9.17) is 14.2 Å². The van der Waals surface area contributed by atoms with E-state index in [2.05, 4.69) is 60.2 Å². The predicted molar refractivity (Wildman–Crippen MR) is 142 cm³/mol. The SMILES string of the molecule is CCN(CC)CCCOc1ccc(-c2cc(CNC(C)c3cccc(OC)c3)ccc2OC)cn1. The van der Waals surface area contributed by atoms with Crippen molar-refractivity contribution in [2.75, 3.05) is 40.5 Å². The van der Waals surface area contributed by atoms with Crippen LogP contribution in [0.4, 0.5) is 0 Å². The van der Waals surface area contributed by atoms with Crippen molar-refractivity contribution in [2.45, 2.75) is 39.8 Å². The highest BCUT2D eigenvalue weighted by Gasteiger charge is 2.11. The topological polar surface area (TPSA) is 55.9 Å². The molecule has 35 heavy (non-hydrogen) atoms. The minimum Gasteiger partial charge on any atom is -0.497 e. The maximum atomic E-state index is 5.85. The fourth-order valence-electron chi connectivity index (χ4n) is 4.02. The third-order valence-corrected chi connectivity index (χ3v) is 6.28. The lowest BCUT2D eigenvalue weighted by Crippen LogP contribution is -2.25. The molecule has 0 amide bonds. The van der Waals surface area contributed by atoms with Gasteiger partial charge in [0.2, 0.25) is 5.88 Å². The summed E-state index contributed by atoms with van der Waals surface area (Å²) >= 11 is 0. The smallest absolute Gasteiger partial charge is 0.213 e. The van der Waals surface area contributed by atoms with Gasteiger partial charge < -0.3 is 24.4 Å². The van der Waals surface area contributed by atoms with E-state index in [0.717, 1.165) is 55.2 Å². The molecule has 0 bridgehead atoms. The summed E-state index contributed by atoms with van der Waals surface area (Å²) in [5, 5.41) is 3.60. The molecule has 0 fully saturated rings. The van der Waals surface area contributed by atoms with Crippen molar-refractivity contribution in [1.82, 2.24) is 15.2 Å². The number of benzene rings is 2. The second-order valence-electron chi connectivity index (χ2n) is 8.53. The van der Waals surface area contributed by atoms with Gasteiger partial charge in [0.15, 0.2) is 0 Å². The van der Waals surface area contributed by atoms with Gasteiger partial charge in [-0.05, 0) is 67.9 Å². The first-order valence-electron chi connectivity index (χ1n) is 12.4. The third kappa shape index (κ3) is 7.70. The molecular weight excluding hydrogens is 438 g/mol. The first-order chi connectivity index (χ1) is 17.1. The van der Waals surface area contributed by atoms with E-state index in [-0.39, 0.29) is 6.04 Å². The average Bonchev–Trinajstić information content (AvgIpc) is 2.92. The molecule has 6 nitrogen and oxygen atoms in total. The Labute approximate surface area is 210 Å². The zero-order valence-corrected chi connectivity index (χ0v) is 21.7. The van der Waals surface area contributed by atoms with Crippen LogP contribution in [-0.2, 0) is 6.54 Å². The van der Waals surface area contributed by atoms with Gasteiger partial charge in [0.05, 0.1) is 20.8 Å². The van der Waals surface area contributed by atoms with Gasteiger partial charge in [-0.2, -0.15) is 0 Å². The van der Waals surface area contributed by atoms with Crippen LogP contribution in [0.1, 0.15) is 44.4 Å². The molecule has 0 spiro atoms. The van der Waals surface area contributed by atoms with E-state index in [9.17, 15) is 0 Å². The Morgan fingerprint density at radius 1 is 0.971 bits per heavy atom. The van der Waals surface area contributed by atoms with Crippen molar-refractivity contribution >= 4 is 0 Å². The highest BCUT2D eigenvalue weighted by Crippen LogP contribution is 2.31. The number of hydrogen-bond acceptors (Lipinski definition) is 6. The van der Waals surface area contributed by atoms with E-state index >= 15 is 0 Å². The van der Waals surface area contributed by atoms with Gasteiger partial charge in [-0.25, -0.2) is 4.98 Å². The number of nitrogens with one attached hydrogen (secondary N) is 1. The Balaban J connectivity index is 1.62. The molecule has 6 heteroatoms. The summed E-state index contributed by atoms with van der Waals surface area (Å²) < 4.78 is 16.8. The first-order valence-corrected chi connectivity index (χ1v) is 12.4. The predicted octanol–water partition coefficient (Wildman–Crippen LogP) is 5.73. The molecule has 1 aromatic heterocycles. The van der Waals surface area contributed by atoms with Gasteiger partial charge in [0, 0.05) is 42.5 Å². The van der Waals surface area contributed by atoms with Crippen molar-refractivity contribution in [3.8, 4) is 28.5 Å². The van der Waals surface area contributed by atoms with Crippen LogP contribution in [0, 0.1) is 0 Å². The quantitative estimate of drug-likeness (QED) is 0.299. The van der Waals surface area contributed by atoms with Gasteiger partial charge in [0.25, 0.3) is 0 Å². The first kappa shape index (κ1) is 26.5. The maximum absolute atomic E-state index is 5.85. The second-order valence-corrected chi connectivity index (χ2v) is 8.53. The number of pyridine rings is 1. The maximum Gasteiger partial charge on any atom is 0.213 e. The molecular formula is C29H39N3O3. The lowest BCUT2D eigenvalue weighted by Gasteiger charge is -2.17. The van der Waals surface area contributed by atoms with Crippen molar-refractivity contribution in [2.24, 2.45) is 0 Å². The summed E-state index contributed by atoms with van der Waals surface area (Å²) in [6.07, 6.45) is 2.84. The molecule has 1 unspecified atom stereocenters. The Morgan fingerprint density at radius 3 is 2.49 bits per heavy atom. The molecule has 188 valence electrons. The molecule has 2 aromatic carbocycles. The molecule has 0 aliphatic heterocycles. The summed E-state index contributed by atoms with van der Waals surface area (Å²) in [5.74, 6) is 2.34. The van der Waals surface area contributed by atoms with Crippen LogP contribution in [0.2, 0.25) is 0 Å². The Bertz CT molecular complexity index is 1040. The van der Waals surface area contributed by atoms with Crippen molar-refractivity contribution in [1.29, 1.82) is 0 Å². The number of hydrogen-bond donors (Lipinski definition) is 1. The standard InChI is InChI=1S/C29H39N3O3/c1-6-32(7-2)16-9-17-35-29-15-13-25(21-31-29)27-18-23(12-14-28(27)34-5)20-30-22(3)24-10-8-11-26(19-24)33-4/h8,10-15,18-19,21-22,30H,6-7,9,16-17,20H2,1-5H3. The fraction of sp³-hybridized carbons (Fsp3) is 0.414. The van der Waals surface area contributed by atoms with Crippen molar-refractivity contribution in [3.05, 3.63) is 71.9 Å². The summed E-state index contributed by atoms with van der Waals surface area (Å²) in [4.78, 5) is 6.92. The molecule has 0 saturated carbocycles. The van der Waals surface area contributed by atoms with Crippen LogP contribution < -0.4 is 19.5 Å². The molecule has 3 rings (SSSR count). The normalized spacial score (nSPS) is 11.9. The summed E-state index contributed by atoms with van der Waals surface area (Å²) in [6, 6.07) is 18.6. The lowest BCUT2D eigenvalue weighted by atomic mass is 10.0.